The lowest BCUT2D eigenvalue weighted by molar-refractivity contribution is -0.132. The zero-order valence-corrected chi connectivity index (χ0v) is 21.1. The van der Waals surface area contributed by atoms with E-state index in [4.69, 9.17) is 11.6 Å². The molecule has 1 N–H and O–H groups in total. The van der Waals surface area contributed by atoms with Crippen LogP contribution in [0.1, 0.15) is 40.0 Å². The largest absolute Gasteiger partial charge is 0.353 e. The van der Waals surface area contributed by atoms with Crippen LogP contribution in [-0.4, -0.2) is 77.2 Å². The van der Waals surface area contributed by atoms with Crippen molar-refractivity contribution in [3.8, 4) is 11.3 Å². The Morgan fingerprint density at radius 2 is 1.88 bits per heavy atom. The predicted molar refractivity (Wildman–Crippen MR) is 136 cm³/mol. The first-order chi connectivity index (χ1) is 16.4. The lowest BCUT2D eigenvalue weighted by Crippen LogP contribution is -2.50. The standard InChI is InChI=1S/C25H35ClN6O2/c1-4-13-27-25(34)32(19(3)5-2)18-24(33)31-15-8-14-30(16-17-31)23-12-11-22(28-29-23)20-9-6-7-10-21(20)26/h6-7,9-12,19H,4-5,8,13-18H2,1-3H3,(H,27,34)/t19-/m1/s1. The van der Waals surface area contributed by atoms with E-state index in [0.717, 1.165) is 42.9 Å². The van der Waals surface area contributed by atoms with Gasteiger partial charge < -0.3 is 20.0 Å². The zero-order valence-electron chi connectivity index (χ0n) is 20.3. The summed E-state index contributed by atoms with van der Waals surface area (Å²) < 4.78 is 0. The van der Waals surface area contributed by atoms with Gasteiger partial charge in [-0.3, -0.25) is 4.79 Å². The molecule has 184 valence electrons. The number of urea groups is 1. The Morgan fingerprint density at radius 3 is 2.56 bits per heavy atom. The first-order valence-electron chi connectivity index (χ1n) is 12.1. The van der Waals surface area contributed by atoms with Gasteiger partial charge >= 0.3 is 6.03 Å². The van der Waals surface area contributed by atoms with Crippen molar-refractivity contribution in [2.45, 2.75) is 46.1 Å². The SMILES string of the molecule is CCCNC(=O)N(CC(=O)N1CCCN(c2ccc(-c3ccccc3Cl)nn2)CC1)[C@H](C)CC. The molecule has 0 aliphatic carbocycles. The van der Waals surface area contributed by atoms with Gasteiger partial charge in [-0.1, -0.05) is 43.6 Å². The third kappa shape index (κ3) is 6.59. The molecule has 1 aromatic heterocycles. The van der Waals surface area contributed by atoms with Crippen LogP contribution in [0.2, 0.25) is 5.02 Å². The van der Waals surface area contributed by atoms with E-state index in [1.165, 1.54) is 0 Å². The minimum absolute atomic E-state index is 0.00353. The third-order valence-corrected chi connectivity index (χ3v) is 6.52. The Morgan fingerprint density at radius 1 is 1.09 bits per heavy atom. The monoisotopic (exact) mass is 486 g/mol. The predicted octanol–water partition coefficient (Wildman–Crippen LogP) is 4.06. The van der Waals surface area contributed by atoms with Crippen LogP contribution in [0, 0.1) is 0 Å². The highest BCUT2D eigenvalue weighted by Gasteiger charge is 2.26. The van der Waals surface area contributed by atoms with Crippen molar-refractivity contribution in [2.75, 3.05) is 44.2 Å². The van der Waals surface area contributed by atoms with E-state index in [2.05, 4.69) is 20.4 Å². The smallest absolute Gasteiger partial charge is 0.318 e. The maximum absolute atomic E-state index is 13.1. The molecular formula is C25H35ClN6O2. The van der Waals surface area contributed by atoms with Gasteiger partial charge in [-0.15, -0.1) is 10.2 Å². The van der Waals surface area contributed by atoms with Gasteiger partial charge in [0.1, 0.15) is 6.54 Å². The molecule has 3 amide bonds. The second kappa shape index (κ2) is 12.6. The summed E-state index contributed by atoms with van der Waals surface area (Å²) in [5, 5.41) is 12.3. The summed E-state index contributed by atoms with van der Waals surface area (Å²) in [6.07, 6.45) is 2.48. The molecule has 0 radical (unpaired) electrons. The lowest BCUT2D eigenvalue weighted by atomic mass is 10.1. The minimum Gasteiger partial charge on any atom is -0.353 e. The molecule has 1 fully saturated rings. The second-order valence-corrected chi connectivity index (χ2v) is 9.00. The van der Waals surface area contributed by atoms with Crippen LogP contribution in [0.4, 0.5) is 10.6 Å². The summed E-state index contributed by atoms with van der Waals surface area (Å²) in [6, 6.07) is 11.3. The van der Waals surface area contributed by atoms with Crippen molar-refractivity contribution in [3.05, 3.63) is 41.4 Å². The van der Waals surface area contributed by atoms with Gasteiger partial charge in [-0.2, -0.15) is 0 Å². The molecule has 9 heteroatoms. The number of rotatable bonds is 8. The molecular weight excluding hydrogens is 452 g/mol. The molecule has 3 rings (SSSR count). The molecule has 1 aliphatic rings. The number of aromatic nitrogens is 2. The van der Waals surface area contributed by atoms with E-state index in [0.29, 0.717) is 31.2 Å². The number of amides is 3. The number of hydrogen-bond donors (Lipinski definition) is 1. The van der Waals surface area contributed by atoms with Gasteiger partial charge in [0.25, 0.3) is 0 Å². The zero-order chi connectivity index (χ0) is 24.5. The highest BCUT2D eigenvalue weighted by molar-refractivity contribution is 6.33. The van der Waals surface area contributed by atoms with Gasteiger partial charge in [-0.25, -0.2) is 4.79 Å². The fourth-order valence-corrected chi connectivity index (χ4v) is 4.16. The summed E-state index contributed by atoms with van der Waals surface area (Å²) in [5.41, 5.74) is 1.58. The number of nitrogens with zero attached hydrogens (tertiary/aromatic N) is 5. The number of nitrogens with one attached hydrogen (secondary N) is 1. The highest BCUT2D eigenvalue weighted by atomic mass is 35.5. The van der Waals surface area contributed by atoms with Crippen molar-refractivity contribution in [2.24, 2.45) is 0 Å². The van der Waals surface area contributed by atoms with E-state index < -0.39 is 0 Å². The van der Waals surface area contributed by atoms with Gasteiger partial charge in [0.15, 0.2) is 5.82 Å². The summed E-state index contributed by atoms with van der Waals surface area (Å²) in [4.78, 5) is 31.3. The molecule has 34 heavy (non-hydrogen) atoms. The summed E-state index contributed by atoms with van der Waals surface area (Å²) >= 11 is 6.28. The molecule has 8 nitrogen and oxygen atoms in total. The minimum atomic E-state index is -0.171. The van der Waals surface area contributed by atoms with Crippen molar-refractivity contribution in [1.29, 1.82) is 0 Å². The summed E-state index contributed by atoms with van der Waals surface area (Å²) in [5.74, 6) is 0.763. The van der Waals surface area contributed by atoms with E-state index >= 15 is 0 Å². The molecule has 0 unspecified atom stereocenters. The topological polar surface area (TPSA) is 81.7 Å². The highest BCUT2D eigenvalue weighted by Crippen LogP contribution is 2.26. The molecule has 1 aromatic carbocycles. The van der Waals surface area contributed by atoms with Crippen molar-refractivity contribution in [1.82, 2.24) is 25.3 Å². The first-order valence-corrected chi connectivity index (χ1v) is 12.5. The number of carbonyl (C=O) groups excluding carboxylic acids is 2. The quantitative estimate of drug-likeness (QED) is 0.608. The van der Waals surface area contributed by atoms with Crippen LogP contribution in [0.15, 0.2) is 36.4 Å². The Hall–Kier alpha value is -2.87. The number of carbonyl (C=O) groups is 2. The number of halogens is 1. The van der Waals surface area contributed by atoms with Gasteiger partial charge in [0.05, 0.1) is 10.7 Å². The normalized spacial score (nSPS) is 14.9. The van der Waals surface area contributed by atoms with Crippen LogP contribution in [0.3, 0.4) is 0 Å². The van der Waals surface area contributed by atoms with Gasteiger partial charge in [0.2, 0.25) is 5.91 Å². The molecule has 1 atom stereocenters. The van der Waals surface area contributed by atoms with Crippen LogP contribution < -0.4 is 10.2 Å². The van der Waals surface area contributed by atoms with Crippen LogP contribution in [0.5, 0.6) is 0 Å². The van der Waals surface area contributed by atoms with Crippen molar-refractivity contribution in [3.63, 3.8) is 0 Å². The van der Waals surface area contributed by atoms with E-state index in [1.54, 1.807) is 4.90 Å². The van der Waals surface area contributed by atoms with Crippen LogP contribution in [-0.2, 0) is 4.79 Å². The summed E-state index contributed by atoms with van der Waals surface area (Å²) in [6.45, 7) is 9.41. The first kappa shape index (κ1) is 25.7. The van der Waals surface area contributed by atoms with Crippen molar-refractivity contribution < 1.29 is 9.59 Å². The van der Waals surface area contributed by atoms with E-state index in [-0.39, 0.29) is 24.5 Å². The van der Waals surface area contributed by atoms with Crippen LogP contribution >= 0.6 is 11.6 Å². The van der Waals surface area contributed by atoms with E-state index in [9.17, 15) is 9.59 Å². The summed E-state index contributed by atoms with van der Waals surface area (Å²) in [7, 11) is 0. The van der Waals surface area contributed by atoms with Gasteiger partial charge in [-0.05, 0) is 44.4 Å². The molecule has 0 bridgehead atoms. The Balaban J connectivity index is 1.61. The van der Waals surface area contributed by atoms with Gasteiger partial charge in [0, 0.05) is 44.3 Å². The molecule has 0 spiro atoms. The second-order valence-electron chi connectivity index (χ2n) is 8.60. The average Bonchev–Trinajstić information content (AvgIpc) is 3.12. The Bertz CT molecular complexity index is 955. The average molecular weight is 487 g/mol. The fraction of sp³-hybridized carbons (Fsp3) is 0.520. The number of anilines is 1. The number of hydrogen-bond acceptors (Lipinski definition) is 5. The molecule has 1 saturated heterocycles. The lowest BCUT2D eigenvalue weighted by Gasteiger charge is -2.31. The maximum Gasteiger partial charge on any atom is 0.318 e. The Labute approximate surface area is 207 Å². The molecule has 0 saturated carbocycles. The van der Waals surface area contributed by atoms with Crippen molar-refractivity contribution >= 4 is 29.4 Å². The molecule has 2 heterocycles. The number of benzene rings is 1. The maximum atomic E-state index is 13.1. The fourth-order valence-electron chi connectivity index (χ4n) is 3.93. The van der Waals surface area contributed by atoms with Crippen LogP contribution in [0.25, 0.3) is 11.3 Å². The molecule has 1 aliphatic heterocycles. The Kier molecular flexibility index (Phi) is 9.51. The molecule has 2 aromatic rings. The van der Waals surface area contributed by atoms with E-state index in [1.807, 2.05) is 62.1 Å². The third-order valence-electron chi connectivity index (χ3n) is 6.19.